The number of fused-ring (bicyclic) bond motifs is 1. The largest absolute Gasteiger partial charge is 0.387 e. The topological polar surface area (TPSA) is 176 Å². The third kappa shape index (κ3) is 6.54. The number of anilines is 1. The van der Waals surface area contributed by atoms with Gasteiger partial charge >= 0.3 is 15.2 Å². The van der Waals surface area contributed by atoms with Gasteiger partial charge in [0.25, 0.3) is 0 Å². The van der Waals surface area contributed by atoms with Crippen molar-refractivity contribution in [3.05, 3.63) is 53.1 Å². The monoisotopic (exact) mass is 582 g/mol. The molecule has 0 aliphatic carbocycles. The van der Waals surface area contributed by atoms with Gasteiger partial charge in [0.05, 0.1) is 23.9 Å². The van der Waals surface area contributed by atoms with Gasteiger partial charge in [0.1, 0.15) is 23.2 Å². The first kappa shape index (κ1) is 28.0. The summed E-state index contributed by atoms with van der Waals surface area (Å²) < 4.78 is 62.4. The summed E-state index contributed by atoms with van der Waals surface area (Å²) in [5, 5.41) is 18.1. The lowest BCUT2D eigenvalue weighted by molar-refractivity contribution is -0.0472. The summed E-state index contributed by atoms with van der Waals surface area (Å²) in [6.07, 6.45) is -5.46. The highest BCUT2D eigenvalue weighted by Crippen LogP contribution is 2.55. The Morgan fingerprint density at radius 3 is 2.59 bits per heavy atom. The molecule has 202 valence electrons. The molecule has 4 rings (SSSR count). The van der Waals surface area contributed by atoms with Crippen LogP contribution in [0.25, 0.3) is 11.0 Å². The van der Waals surface area contributed by atoms with Crippen LogP contribution in [-0.4, -0.2) is 65.4 Å². The fraction of sp³-hybridized carbons (Fsp3) is 0.400. The number of benzene rings is 1. The van der Waals surface area contributed by atoms with Crippen molar-refractivity contribution in [2.45, 2.75) is 37.6 Å². The van der Waals surface area contributed by atoms with Gasteiger partial charge in [0.2, 0.25) is 0 Å². The average Bonchev–Trinajstić information content (AvgIpc) is 3.32. The van der Waals surface area contributed by atoms with Gasteiger partial charge in [-0.05, 0) is 30.7 Å². The fourth-order valence-electron chi connectivity index (χ4n) is 3.86. The van der Waals surface area contributed by atoms with Crippen LogP contribution in [0.15, 0.2) is 36.5 Å². The number of halogens is 3. The van der Waals surface area contributed by atoms with Crippen LogP contribution in [0.4, 0.5) is 14.5 Å². The van der Waals surface area contributed by atoms with Gasteiger partial charge in [-0.2, -0.15) is 5.10 Å². The molecule has 12 nitrogen and oxygen atoms in total. The number of pyridine rings is 1. The van der Waals surface area contributed by atoms with E-state index in [0.717, 1.165) is 10.2 Å². The Bertz CT molecular complexity index is 1370. The highest BCUT2D eigenvalue weighted by Gasteiger charge is 2.47. The molecule has 0 amide bonds. The summed E-state index contributed by atoms with van der Waals surface area (Å²) in [5.41, 5.74) is 1.38. The average molecular weight is 583 g/mol. The van der Waals surface area contributed by atoms with Crippen LogP contribution in [0, 0.1) is 5.82 Å². The molecule has 3 heterocycles. The molecule has 6 atom stereocenters. The van der Waals surface area contributed by atoms with E-state index >= 15 is 4.39 Å². The number of aromatic nitrogens is 3. The SMILES string of the molecule is C[C@H](Nc1cc(Cl)nc2c1cnn2[C@@H]1O[C@H](COP(=O)(O)CP(=O)(O)O)[C@@H](O)[C@@H]1F)c1ccc(F)cc1. The Labute approximate surface area is 213 Å². The van der Waals surface area contributed by atoms with Gasteiger partial charge in [0, 0.05) is 6.04 Å². The van der Waals surface area contributed by atoms with Crippen molar-refractivity contribution < 1.29 is 47.0 Å². The van der Waals surface area contributed by atoms with Crippen LogP contribution in [-0.2, 0) is 18.4 Å². The molecule has 1 aliphatic heterocycles. The van der Waals surface area contributed by atoms with E-state index in [4.69, 9.17) is 26.1 Å². The summed E-state index contributed by atoms with van der Waals surface area (Å²) >= 11 is 6.19. The molecule has 3 aromatic rings. The minimum absolute atomic E-state index is 0.0375. The van der Waals surface area contributed by atoms with Crippen molar-refractivity contribution >= 4 is 43.5 Å². The molecule has 0 radical (unpaired) electrons. The zero-order valence-electron chi connectivity index (χ0n) is 19.1. The molecule has 2 aromatic heterocycles. The molecule has 0 spiro atoms. The number of rotatable bonds is 9. The molecular formula is C20H23ClF2N4O8P2. The minimum Gasteiger partial charge on any atom is -0.387 e. The van der Waals surface area contributed by atoms with Crippen molar-refractivity contribution in [3.63, 3.8) is 0 Å². The number of aliphatic hydroxyl groups is 1. The maximum Gasteiger partial charge on any atom is 0.340 e. The zero-order chi connectivity index (χ0) is 27.1. The highest BCUT2D eigenvalue weighted by atomic mass is 35.5. The fourth-order valence-corrected chi connectivity index (χ4v) is 6.62. The zero-order valence-corrected chi connectivity index (χ0v) is 21.6. The molecule has 1 aliphatic rings. The predicted octanol–water partition coefficient (Wildman–Crippen LogP) is 3.33. The van der Waals surface area contributed by atoms with Gasteiger partial charge in [-0.1, -0.05) is 23.7 Å². The molecule has 1 saturated heterocycles. The van der Waals surface area contributed by atoms with Crippen molar-refractivity contribution in [3.8, 4) is 0 Å². The quantitative estimate of drug-likeness (QED) is 0.185. The summed E-state index contributed by atoms with van der Waals surface area (Å²) in [4.78, 5) is 31.6. The lowest BCUT2D eigenvalue weighted by atomic mass is 10.1. The van der Waals surface area contributed by atoms with E-state index in [2.05, 4.69) is 19.9 Å². The Hall–Kier alpha value is -1.99. The van der Waals surface area contributed by atoms with Gasteiger partial charge in [-0.25, -0.2) is 18.4 Å². The van der Waals surface area contributed by atoms with E-state index in [1.807, 2.05) is 6.92 Å². The normalized spacial score (nSPS) is 24.8. The standard InChI is InChI=1S/C20H23ClF2N4O8P2/c1-10(11-2-4-12(22)5-3-11)25-14-6-16(21)26-19-13(14)7-24-27(19)20-17(23)18(28)15(35-20)8-34-37(32,33)9-36(29,30)31/h2-7,10,15,17-18,20,28H,8-9H2,1H3,(H,25,26)(H,32,33)(H2,29,30,31)/t10-,15+,17-,18+,20+/m0/s1. The Morgan fingerprint density at radius 2 is 1.95 bits per heavy atom. The molecule has 0 saturated carbocycles. The van der Waals surface area contributed by atoms with Crippen molar-refractivity contribution in [2.75, 3.05) is 17.8 Å². The van der Waals surface area contributed by atoms with E-state index in [1.165, 1.54) is 24.4 Å². The molecular weight excluding hydrogens is 560 g/mol. The molecule has 17 heteroatoms. The maximum absolute atomic E-state index is 15.0. The molecule has 5 N–H and O–H groups in total. The van der Waals surface area contributed by atoms with Crippen LogP contribution in [0.5, 0.6) is 0 Å². The van der Waals surface area contributed by atoms with Crippen molar-refractivity contribution in [1.82, 2.24) is 14.8 Å². The van der Waals surface area contributed by atoms with E-state index in [-0.39, 0.29) is 22.7 Å². The van der Waals surface area contributed by atoms with Gasteiger partial charge < -0.3 is 34.4 Å². The molecule has 1 aromatic carbocycles. The first-order valence-electron chi connectivity index (χ1n) is 10.8. The summed E-state index contributed by atoms with van der Waals surface area (Å²) in [5.74, 6) is -1.82. The van der Waals surface area contributed by atoms with Crippen molar-refractivity contribution in [2.24, 2.45) is 0 Å². The molecule has 37 heavy (non-hydrogen) atoms. The second-order valence-corrected chi connectivity index (χ2v) is 12.9. The van der Waals surface area contributed by atoms with Crippen LogP contribution in [0.2, 0.25) is 5.15 Å². The molecule has 0 bridgehead atoms. The number of hydrogen-bond donors (Lipinski definition) is 5. The Kier molecular flexibility index (Phi) is 8.06. The van der Waals surface area contributed by atoms with Crippen LogP contribution in [0.1, 0.15) is 24.8 Å². The summed E-state index contributed by atoms with van der Waals surface area (Å²) in [7, 11) is -9.61. The van der Waals surface area contributed by atoms with Gasteiger partial charge in [-0.3, -0.25) is 9.13 Å². The second kappa shape index (κ2) is 10.6. The first-order chi connectivity index (χ1) is 17.2. The Morgan fingerprint density at radius 1 is 1.27 bits per heavy atom. The first-order valence-corrected chi connectivity index (χ1v) is 14.7. The smallest absolute Gasteiger partial charge is 0.340 e. The van der Waals surface area contributed by atoms with Gasteiger partial charge in [-0.15, -0.1) is 0 Å². The third-order valence-corrected chi connectivity index (χ3v) is 9.27. The number of nitrogens with one attached hydrogen (secondary N) is 1. The Balaban J connectivity index is 1.55. The number of nitrogens with zero attached hydrogens (tertiary/aromatic N) is 3. The van der Waals surface area contributed by atoms with E-state index in [9.17, 15) is 23.5 Å². The maximum atomic E-state index is 15.0. The molecule has 1 fully saturated rings. The predicted molar refractivity (Wildman–Crippen MR) is 128 cm³/mol. The highest BCUT2D eigenvalue weighted by molar-refractivity contribution is 7.70. The van der Waals surface area contributed by atoms with Crippen LogP contribution >= 0.6 is 26.8 Å². The van der Waals surface area contributed by atoms with E-state index in [1.54, 1.807) is 12.1 Å². The third-order valence-electron chi connectivity index (χ3n) is 5.62. The van der Waals surface area contributed by atoms with Crippen LogP contribution < -0.4 is 5.32 Å². The van der Waals surface area contributed by atoms with Gasteiger partial charge in [0.15, 0.2) is 23.9 Å². The lowest BCUT2D eigenvalue weighted by Crippen LogP contribution is -2.31. The van der Waals surface area contributed by atoms with E-state index in [0.29, 0.717) is 11.1 Å². The number of aliphatic hydroxyl groups excluding tert-OH is 1. The second-order valence-electron chi connectivity index (χ2n) is 8.48. The number of hydrogen-bond acceptors (Lipinski definition) is 8. The summed E-state index contributed by atoms with van der Waals surface area (Å²) in [6, 6.07) is 7.13. The van der Waals surface area contributed by atoms with Crippen LogP contribution in [0.3, 0.4) is 0 Å². The van der Waals surface area contributed by atoms with E-state index < -0.39 is 52.3 Å². The lowest BCUT2D eigenvalue weighted by Gasteiger charge is -2.18. The summed E-state index contributed by atoms with van der Waals surface area (Å²) in [6.45, 7) is 1.02. The number of ether oxygens (including phenoxy) is 1. The molecule has 1 unspecified atom stereocenters. The minimum atomic E-state index is -4.87. The van der Waals surface area contributed by atoms with Crippen molar-refractivity contribution in [1.29, 1.82) is 0 Å². The number of alkyl halides is 1.